The Balaban J connectivity index is 1.63. The summed E-state index contributed by atoms with van der Waals surface area (Å²) in [6.45, 7) is 0. The van der Waals surface area contributed by atoms with E-state index in [2.05, 4.69) is 0 Å². The maximum absolute atomic E-state index is 13.1. The minimum absolute atomic E-state index is 0.125. The topological polar surface area (TPSA) is 125 Å². The van der Waals surface area contributed by atoms with Crippen molar-refractivity contribution in [3.05, 3.63) is 67.1 Å². The summed E-state index contributed by atoms with van der Waals surface area (Å²) >= 11 is 6.73. The Hall–Kier alpha value is -3.51. The second-order valence-electron chi connectivity index (χ2n) is 8.02. The number of ether oxygens (including phenoxy) is 2. The molecule has 12 heteroatoms. The van der Waals surface area contributed by atoms with E-state index in [0.29, 0.717) is 20.5 Å². The van der Waals surface area contributed by atoms with Crippen molar-refractivity contribution in [3.8, 4) is 17.2 Å². The number of carbonyl (C=O) groups is 1. The minimum atomic E-state index is -0.755. The molecule has 0 spiro atoms. The molecule has 10 nitrogen and oxygen atoms in total. The van der Waals surface area contributed by atoms with Gasteiger partial charge in [0, 0.05) is 12.1 Å². The van der Waals surface area contributed by atoms with Gasteiger partial charge >= 0.3 is 5.69 Å². The first kappa shape index (κ1) is 24.6. The van der Waals surface area contributed by atoms with Crippen LogP contribution in [0.5, 0.6) is 17.2 Å². The molecule has 4 rings (SSSR count). The first-order valence-corrected chi connectivity index (χ1v) is 12.1. The molecule has 2 aromatic rings. The predicted octanol–water partition coefficient (Wildman–Crippen LogP) is 5.84. The van der Waals surface area contributed by atoms with Crippen LogP contribution < -0.4 is 9.47 Å². The molecule has 0 atom stereocenters. The molecule has 2 aromatic carbocycles. The molecule has 1 aliphatic carbocycles. The van der Waals surface area contributed by atoms with E-state index < -0.39 is 21.2 Å². The summed E-state index contributed by atoms with van der Waals surface area (Å²) in [6.07, 6.45) is 6.90. The van der Waals surface area contributed by atoms with Crippen molar-refractivity contribution in [2.75, 3.05) is 7.11 Å². The zero-order valence-electron chi connectivity index (χ0n) is 18.7. The normalized spacial score (nSPS) is 17.6. The van der Waals surface area contributed by atoms with Gasteiger partial charge < -0.3 is 9.47 Å². The fraction of sp³-hybridized carbons (Fsp3) is 0.304. The second kappa shape index (κ2) is 10.4. The Morgan fingerprint density at radius 1 is 1.03 bits per heavy atom. The minimum Gasteiger partial charge on any atom is -0.493 e. The van der Waals surface area contributed by atoms with Gasteiger partial charge in [-0.15, -0.1) is 0 Å². The molecule has 0 N–H and O–H groups in total. The van der Waals surface area contributed by atoms with E-state index in [1.807, 2.05) is 0 Å². The van der Waals surface area contributed by atoms with Crippen LogP contribution in [0.4, 0.5) is 11.4 Å². The third-order valence-corrected chi connectivity index (χ3v) is 7.15. The van der Waals surface area contributed by atoms with Crippen molar-refractivity contribution >= 4 is 51.7 Å². The van der Waals surface area contributed by atoms with Crippen molar-refractivity contribution in [1.29, 1.82) is 0 Å². The van der Waals surface area contributed by atoms with E-state index in [1.54, 1.807) is 29.2 Å². The summed E-state index contributed by atoms with van der Waals surface area (Å²) in [4.78, 5) is 36.3. The van der Waals surface area contributed by atoms with Gasteiger partial charge in [-0.25, -0.2) is 0 Å². The molecule has 2 fully saturated rings. The third kappa shape index (κ3) is 5.28. The second-order valence-corrected chi connectivity index (χ2v) is 9.70. The number of methoxy groups -OCH3 is 1. The van der Waals surface area contributed by atoms with E-state index in [9.17, 15) is 25.0 Å². The Morgan fingerprint density at radius 2 is 1.74 bits per heavy atom. The molecule has 0 aromatic heterocycles. The van der Waals surface area contributed by atoms with Crippen molar-refractivity contribution in [3.63, 3.8) is 0 Å². The highest BCUT2D eigenvalue weighted by molar-refractivity contribution is 8.26. The fourth-order valence-electron chi connectivity index (χ4n) is 4.11. The van der Waals surface area contributed by atoms with Crippen LogP contribution in [0.2, 0.25) is 0 Å². The molecule has 1 aliphatic heterocycles. The monoisotopic (exact) mass is 515 g/mol. The number of benzene rings is 2. The lowest BCUT2D eigenvalue weighted by Gasteiger charge is -2.29. The summed E-state index contributed by atoms with van der Waals surface area (Å²) in [7, 11) is 1.42. The van der Waals surface area contributed by atoms with Gasteiger partial charge in [-0.05, 0) is 42.7 Å². The Kier molecular flexibility index (Phi) is 7.31. The van der Waals surface area contributed by atoms with Gasteiger partial charge in [0.15, 0.2) is 11.5 Å². The maximum atomic E-state index is 13.1. The number of non-ortho nitro benzene ring substituents is 1. The smallest absolute Gasteiger partial charge is 0.318 e. The summed E-state index contributed by atoms with van der Waals surface area (Å²) < 4.78 is 11.6. The average Bonchev–Trinajstić information content (AvgIpc) is 3.12. The first-order chi connectivity index (χ1) is 16.8. The van der Waals surface area contributed by atoms with E-state index in [1.165, 1.54) is 25.3 Å². The molecular weight excluding hydrogens is 494 g/mol. The van der Waals surface area contributed by atoms with Crippen molar-refractivity contribution in [1.82, 2.24) is 4.90 Å². The van der Waals surface area contributed by atoms with E-state index >= 15 is 0 Å². The highest BCUT2D eigenvalue weighted by Gasteiger charge is 2.37. The zero-order chi connectivity index (χ0) is 25.1. The molecule has 182 valence electrons. The van der Waals surface area contributed by atoms with Gasteiger partial charge in [0.2, 0.25) is 5.75 Å². The number of thiocarbonyl (C=S) groups is 1. The summed E-state index contributed by atoms with van der Waals surface area (Å²) in [6, 6.07) is 8.16. The molecular formula is C23H21N3O7S2. The Bertz CT molecular complexity index is 1240. The molecule has 2 aliphatic rings. The van der Waals surface area contributed by atoms with Crippen LogP contribution >= 0.6 is 24.0 Å². The van der Waals surface area contributed by atoms with E-state index in [-0.39, 0.29) is 23.4 Å². The van der Waals surface area contributed by atoms with Gasteiger partial charge in [-0.2, -0.15) is 0 Å². The highest BCUT2D eigenvalue weighted by Crippen LogP contribution is 2.41. The number of carbonyl (C=O) groups excluding carboxylic acids is 1. The summed E-state index contributed by atoms with van der Waals surface area (Å²) in [5.41, 5.74) is -0.376. The number of nitro groups is 2. The largest absolute Gasteiger partial charge is 0.493 e. The van der Waals surface area contributed by atoms with Crippen LogP contribution in [-0.2, 0) is 4.79 Å². The third-order valence-electron chi connectivity index (χ3n) is 5.82. The van der Waals surface area contributed by atoms with Gasteiger partial charge in [0.1, 0.15) is 4.32 Å². The summed E-state index contributed by atoms with van der Waals surface area (Å²) in [5, 5.41) is 22.5. The predicted molar refractivity (Wildman–Crippen MR) is 135 cm³/mol. The molecule has 1 heterocycles. The number of hydrogen-bond donors (Lipinski definition) is 0. The lowest BCUT2D eigenvalue weighted by molar-refractivity contribution is -0.394. The van der Waals surface area contributed by atoms with Gasteiger partial charge in [-0.3, -0.25) is 29.9 Å². The molecule has 0 bridgehead atoms. The highest BCUT2D eigenvalue weighted by atomic mass is 32.2. The summed E-state index contributed by atoms with van der Waals surface area (Å²) in [5.74, 6) is 0.140. The van der Waals surface area contributed by atoms with Crippen LogP contribution in [0.15, 0.2) is 41.3 Å². The van der Waals surface area contributed by atoms with Gasteiger partial charge in [0.25, 0.3) is 11.6 Å². The average molecular weight is 516 g/mol. The van der Waals surface area contributed by atoms with E-state index in [4.69, 9.17) is 21.7 Å². The maximum Gasteiger partial charge on any atom is 0.318 e. The van der Waals surface area contributed by atoms with Crippen molar-refractivity contribution in [2.45, 2.75) is 38.1 Å². The Morgan fingerprint density at radius 3 is 2.40 bits per heavy atom. The molecule has 1 saturated carbocycles. The van der Waals surface area contributed by atoms with Crippen molar-refractivity contribution in [2.24, 2.45) is 0 Å². The van der Waals surface area contributed by atoms with Gasteiger partial charge in [0.05, 0.1) is 27.9 Å². The van der Waals surface area contributed by atoms with Crippen LogP contribution in [0.25, 0.3) is 6.08 Å². The molecule has 1 saturated heterocycles. The van der Waals surface area contributed by atoms with Crippen molar-refractivity contribution < 1.29 is 24.1 Å². The van der Waals surface area contributed by atoms with Crippen LogP contribution in [0.3, 0.4) is 0 Å². The number of rotatable bonds is 7. The van der Waals surface area contributed by atoms with Gasteiger partial charge in [-0.1, -0.05) is 49.3 Å². The lowest BCUT2D eigenvalue weighted by atomic mass is 9.94. The first-order valence-electron chi connectivity index (χ1n) is 10.8. The number of hydrogen-bond acceptors (Lipinski definition) is 9. The molecule has 1 amide bonds. The quantitative estimate of drug-likeness (QED) is 0.193. The number of nitro benzene ring substituents is 2. The number of nitrogens with zero attached hydrogens (tertiary/aromatic N) is 3. The Labute approximate surface area is 210 Å². The fourth-order valence-corrected chi connectivity index (χ4v) is 5.52. The number of amides is 1. The lowest BCUT2D eigenvalue weighted by Crippen LogP contribution is -2.39. The van der Waals surface area contributed by atoms with Crippen LogP contribution in [0.1, 0.15) is 37.7 Å². The van der Waals surface area contributed by atoms with Crippen LogP contribution in [0, 0.1) is 20.2 Å². The zero-order valence-corrected chi connectivity index (χ0v) is 20.3. The van der Waals surface area contributed by atoms with Crippen LogP contribution in [-0.4, -0.2) is 38.1 Å². The number of thioether (sulfide) groups is 1. The molecule has 0 radical (unpaired) electrons. The molecule has 35 heavy (non-hydrogen) atoms. The van der Waals surface area contributed by atoms with E-state index in [0.717, 1.165) is 43.9 Å². The molecule has 0 unspecified atom stereocenters. The standard InChI is InChI=1S/C23H21N3O7S2/c1-32-19-9-7-14(12-21-22(27)24(23(34)35-21)15-5-3-2-4-6-15)11-20(19)33-18-10-8-16(25(28)29)13-17(18)26(30)31/h7-13,15H,2-6H2,1H3/b21-12-. The SMILES string of the molecule is COc1ccc(/C=C2\SC(=S)N(C3CCCCC3)C2=O)cc1Oc1ccc([N+](=O)[O-])cc1[N+](=O)[O-].